The molecule has 1 aliphatic rings. The fourth-order valence-electron chi connectivity index (χ4n) is 4.40. The van der Waals surface area contributed by atoms with E-state index in [0.29, 0.717) is 62.6 Å². The Morgan fingerprint density at radius 2 is 1.88 bits per heavy atom. The number of ether oxygens (including phenoxy) is 1. The largest absolute Gasteiger partial charge is 0.466 e. The number of hydrogen-bond acceptors (Lipinski definition) is 6. The number of rotatable bonds is 9. The van der Waals surface area contributed by atoms with Gasteiger partial charge in [0.05, 0.1) is 19.1 Å². The average Bonchev–Trinajstić information content (AvgIpc) is 3.28. The highest BCUT2D eigenvalue weighted by Crippen LogP contribution is 2.23. The highest BCUT2D eigenvalue weighted by molar-refractivity contribution is 5.92. The summed E-state index contributed by atoms with van der Waals surface area (Å²) in [6, 6.07) is 6.86. The number of aromatic nitrogens is 1. The molecule has 1 saturated heterocycles. The van der Waals surface area contributed by atoms with E-state index in [-0.39, 0.29) is 17.8 Å². The molecular formula is C27H39N3O4. The molecule has 0 bridgehead atoms. The molecule has 1 aliphatic heterocycles. The smallest absolute Gasteiger partial charge is 0.309 e. The summed E-state index contributed by atoms with van der Waals surface area (Å²) in [5, 5.41) is 0. The van der Waals surface area contributed by atoms with E-state index < -0.39 is 0 Å². The molecule has 0 saturated carbocycles. The maximum absolute atomic E-state index is 13.0. The third-order valence-corrected chi connectivity index (χ3v) is 6.92. The molecule has 0 radical (unpaired) electrons. The molecule has 7 nitrogen and oxygen atoms in total. The number of carbonyl (C=O) groups excluding carboxylic acids is 2. The first-order valence-corrected chi connectivity index (χ1v) is 12.4. The molecule has 3 rings (SSSR count). The first kappa shape index (κ1) is 25.9. The van der Waals surface area contributed by atoms with E-state index >= 15 is 0 Å². The van der Waals surface area contributed by atoms with Crippen LogP contribution in [0.5, 0.6) is 0 Å². The third kappa shape index (κ3) is 6.47. The number of hydrogen-bond donors (Lipinski definition) is 0. The molecule has 186 valence electrons. The van der Waals surface area contributed by atoms with Gasteiger partial charge in [0, 0.05) is 25.7 Å². The van der Waals surface area contributed by atoms with Crippen LogP contribution in [0, 0.1) is 25.7 Å². The van der Waals surface area contributed by atoms with Crippen molar-refractivity contribution in [1.82, 2.24) is 14.8 Å². The number of aryl methyl sites for hydroxylation is 2. The van der Waals surface area contributed by atoms with Gasteiger partial charge in [-0.1, -0.05) is 37.6 Å². The molecule has 2 heterocycles. The van der Waals surface area contributed by atoms with Crippen molar-refractivity contribution in [3.8, 4) is 0 Å². The molecule has 1 atom stereocenters. The first-order valence-electron chi connectivity index (χ1n) is 12.4. The molecule has 1 aromatic heterocycles. The molecule has 0 spiro atoms. The number of piperidine rings is 1. The van der Waals surface area contributed by atoms with Crippen LogP contribution in [0.15, 0.2) is 28.9 Å². The number of esters is 1. The lowest BCUT2D eigenvalue weighted by atomic mass is 9.97. The molecule has 1 fully saturated rings. The Balaban J connectivity index is 1.66. The van der Waals surface area contributed by atoms with Crippen LogP contribution in [0.3, 0.4) is 0 Å². The highest BCUT2D eigenvalue weighted by Gasteiger charge is 2.30. The summed E-state index contributed by atoms with van der Waals surface area (Å²) in [7, 11) is 0. The van der Waals surface area contributed by atoms with E-state index in [4.69, 9.17) is 9.15 Å². The van der Waals surface area contributed by atoms with Crippen molar-refractivity contribution in [2.75, 3.05) is 19.7 Å². The molecule has 1 unspecified atom stereocenters. The number of oxazole rings is 1. The summed E-state index contributed by atoms with van der Waals surface area (Å²) in [5.74, 6) is 0.564. The number of nitrogens with zero attached hydrogens (tertiary/aromatic N) is 3. The zero-order valence-electron chi connectivity index (χ0n) is 21.5. The van der Waals surface area contributed by atoms with Crippen LogP contribution >= 0.6 is 0 Å². The van der Waals surface area contributed by atoms with Crippen LogP contribution in [-0.2, 0) is 22.6 Å². The summed E-state index contributed by atoms with van der Waals surface area (Å²) in [6.45, 7) is 15.5. The molecular weight excluding hydrogens is 430 g/mol. The van der Waals surface area contributed by atoms with Crippen molar-refractivity contribution in [3.63, 3.8) is 0 Å². The van der Waals surface area contributed by atoms with Crippen LogP contribution in [0.25, 0.3) is 0 Å². The first-order chi connectivity index (χ1) is 16.2. The van der Waals surface area contributed by atoms with Crippen molar-refractivity contribution < 1.29 is 18.7 Å². The minimum Gasteiger partial charge on any atom is -0.466 e. The fourth-order valence-corrected chi connectivity index (χ4v) is 4.40. The van der Waals surface area contributed by atoms with Crippen molar-refractivity contribution in [2.24, 2.45) is 11.8 Å². The van der Waals surface area contributed by atoms with E-state index in [1.807, 2.05) is 6.92 Å². The van der Waals surface area contributed by atoms with Gasteiger partial charge in [0.15, 0.2) is 5.69 Å². The second-order valence-corrected chi connectivity index (χ2v) is 9.76. The standard InChI is InChI=1S/C27H39N3O4/c1-7-33-27(32)22-10-12-29(13-11-22)26(31)24-17-34-25(28-24)16-30(21(6)18(2)3)15-23-9-8-19(4)14-20(23)5/h8-9,14,17-18,21-22H,7,10-13,15-16H2,1-6H3. The SMILES string of the molecule is CCOC(=O)C1CCN(C(=O)c2coc(CN(Cc3ccc(C)cc3C)C(C)C(C)C)n2)CC1. The van der Waals surface area contributed by atoms with Gasteiger partial charge in [-0.2, -0.15) is 0 Å². The third-order valence-electron chi connectivity index (χ3n) is 6.92. The summed E-state index contributed by atoms with van der Waals surface area (Å²) < 4.78 is 10.9. The lowest BCUT2D eigenvalue weighted by Crippen LogP contribution is -2.40. The van der Waals surface area contributed by atoms with Crippen LogP contribution < -0.4 is 0 Å². The Labute approximate surface area is 203 Å². The quantitative estimate of drug-likeness (QED) is 0.493. The summed E-state index contributed by atoms with van der Waals surface area (Å²) in [4.78, 5) is 33.6. The van der Waals surface area contributed by atoms with Crippen LogP contribution in [0.2, 0.25) is 0 Å². The lowest BCUT2D eigenvalue weighted by Gasteiger charge is -2.31. The number of carbonyl (C=O) groups is 2. The van der Waals surface area contributed by atoms with Crippen molar-refractivity contribution in [2.45, 2.75) is 73.5 Å². The maximum atomic E-state index is 13.0. The normalized spacial score (nSPS) is 15.7. The van der Waals surface area contributed by atoms with Gasteiger partial charge in [-0.05, 0) is 57.6 Å². The monoisotopic (exact) mass is 469 g/mol. The highest BCUT2D eigenvalue weighted by atomic mass is 16.5. The minimum absolute atomic E-state index is 0.131. The fraction of sp³-hybridized carbons (Fsp3) is 0.593. The molecule has 1 aromatic carbocycles. The van der Waals surface area contributed by atoms with E-state index in [9.17, 15) is 9.59 Å². The van der Waals surface area contributed by atoms with Crippen LogP contribution in [-0.4, -0.2) is 52.4 Å². The Morgan fingerprint density at radius 3 is 2.50 bits per heavy atom. The van der Waals surface area contributed by atoms with Crippen molar-refractivity contribution in [3.05, 3.63) is 52.7 Å². The number of benzene rings is 1. The second-order valence-electron chi connectivity index (χ2n) is 9.76. The van der Waals surface area contributed by atoms with E-state index in [1.165, 1.54) is 23.0 Å². The zero-order chi connectivity index (χ0) is 24.8. The number of likely N-dealkylation sites (tertiary alicyclic amines) is 1. The predicted octanol–water partition coefficient (Wildman–Crippen LogP) is 4.75. The predicted molar refractivity (Wildman–Crippen MR) is 131 cm³/mol. The topological polar surface area (TPSA) is 75.9 Å². The van der Waals surface area contributed by atoms with Crippen molar-refractivity contribution >= 4 is 11.9 Å². The van der Waals surface area contributed by atoms with E-state index in [2.05, 4.69) is 62.7 Å². The summed E-state index contributed by atoms with van der Waals surface area (Å²) >= 11 is 0. The molecule has 34 heavy (non-hydrogen) atoms. The molecule has 0 N–H and O–H groups in total. The zero-order valence-corrected chi connectivity index (χ0v) is 21.5. The van der Waals surface area contributed by atoms with Crippen molar-refractivity contribution in [1.29, 1.82) is 0 Å². The van der Waals surface area contributed by atoms with Gasteiger partial charge < -0.3 is 14.1 Å². The lowest BCUT2D eigenvalue weighted by molar-refractivity contribution is -0.149. The van der Waals surface area contributed by atoms with E-state index in [0.717, 1.165) is 6.54 Å². The van der Waals surface area contributed by atoms with Gasteiger partial charge in [0.1, 0.15) is 6.26 Å². The summed E-state index contributed by atoms with van der Waals surface area (Å²) in [5.41, 5.74) is 4.14. The Kier molecular flexibility index (Phi) is 8.89. The van der Waals surface area contributed by atoms with E-state index in [1.54, 1.807) is 4.90 Å². The molecule has 7 heteroatoms. The van der Waals surface area contributed by atoms with Crippen LogP contribution in [0.4, 0.5) is 0 Å². The van der Waals surface area contributed by atoms with Gasteiger partial charge in [0.25, 0.3) is 5.91 Å². The van der Waals surface area contributed by atoms with Gasteiger partial charge in [-0.3, -0.25) is 14.5 Å². The Bertz CT molecular complexity index is 976. The average molecular weight is 470 g/mol. The second kappa shape index (κ2) is 11.6. The molecule has 2 aromatic rings. The Morgan fingerprint density at radius 1 is 1.18 bits per heavy atom. The maximum Gasteiger partial charge on any atom is 0.309 e. The molecule has 0 aliphatic carbocycles. The van der Waals surface area contributed by atoms with Gasteiger partial charge in [-0.25, -0.2) is 4.98 Å². The molecule has 1 amide bonds. The van der Waals surface area contributed by atoms with Gasteiger partial charge in [-0.15, -0.1) is 0 Å². The van der Waals surface area contributed by atoms with Crippen LogP contribution in [0.1, 0.15) is 73.6 Å². The van der Waals surface area contributed by atoms with Gasteiger partial charge >= 0.3 is 5.97 Å². The minimum atomic E-state index is -0.165. The summed E-state index contributed by atoms with van der Waals surface area (Å²) in [6.07, 6.45) is 2.69. The number of amides is 1. The van der Waals surface area contributed by atoms with Gasteiger partial charge in [0.2, 0.25) is 5.89 Å². The Hall–Kier alpha value is -2.67.